The summed E-state index contributed by atoms with van der Waals surface area (Å²) in [5.41, 5.74) is -2.43. The molecule has 0 saturated carbocycles. The van der Waals surface area contributed by atoms with E-state index in [-0.39, 0.29) is 12.4 Å². The molecule has 0 amide bonds. The van der Waals surface area contributed by atoms with E-state index in [2.05, 4.69) is 9.97 Å². The third-order valence-corrected chi connectivity index (χ3v) is 1.92. The number of aromatic carboxylic acids is 1. The molecule has 0 radical (unpaired) electrons. The van der Waals surface area contributed by atoms with Crippen LogP contribution in [0.3, 0.4) is 0 Å². The van der Waals surface area contributed by atoms with Gasteiger partial charge in [0.1, 0.15) is 12.2 Å². The van der Waals surface area contributed by atoms with Gasteiger partial charge in [0.2, 0.25) is 0 Å². The normalized spacial score (nSPS) is 11.6. The van der Waals surface area contributed by atoms with Crippen LogP contribution in [0.1, 0.15) is 35.2 Å². The standard InChI is InChI=1S/C10H11F3N2O3/c1-2-3-18-5-7-14-4-6(9(16)17)8(15-7)10(11,12)13/h4H,2-3,5H2,1H3,(H,16,17). The Labute approximate surface area is 101 Å². The molecule has 1 aromatic heterocycles. The Hall–Kier alpha value is -1.70. The Balaban J connectivity index is 3.02. The zero-order valence-electron chi connectivity index (χ0n) is 9.49. The van der Waals surface area contributed by atoms with Gasteiger partial charge in [-0.2, -0.15) is 13.2 Å². The van der Waals surface area contributed by atoms with Crippen molar-refractivity contribution in [2.75, 3.05) is 6.61 Å². The molecule has 18 heavy (non-hydrogen) atoms. The summed E-state index contributed by atoms with van der Waals surface area (Å²) in [6.45, 7) is 2.03. The summed E-state index contributed by atoms with van der Waals surface area (Å²) in [6.07, 6.45) is -3.49. The van der Waals surface area contributed by atoms with Gasteiger partial charge in [-0.15, -0.1) is 0 Å². The predicted octanol–water partition coefficient (Wildman–Crippen LogP) is 2.12. The Morgan fingerprint density at radius 2 is 2.17 bits per heavy atom. The maximum atomic E-state index is 12.6. The number of aromatic nitrogens is 2. The van der Waals surface area contributed by atoms with Crippen LogP contribution in [-0.2, 0) is 17.5 Å². The van der Waals surface area contributed by atoms with Crippen molar-refractivity contribution in [1.82, 2.24) is 9.97 Å². The van der Waals surface area contributed by atoms with E-state index >= 15 is 0 Å². The van der Waals surface area contributed by atoms with Crippen LogP contribution in [0.4, 0.5) is 13.2 Å². The first-order chi connectivity index (χ1) is 8.36. The van der Waals surface area contributed by atoms with Crippen molar-refractivity contribution in [3.63, 3.8) is 0 Å². The maximum Gasteiger partial charge on any atom is 0.434 e. The minimum absolute atomic E-state index is 0.184. The zero-order chi connectivity index (χ0) is 13.8. The smallest absolute Gasteiger partial charge is 0.434 e. The molecule has 1 heterocycles. The summed E-state index contributed by atoms with van der Waals surface area (Å²) >= 11 is 0. The summed E-state index contributed by atoms with van der Waals surface area (Å²) in [6, 6.07) is 0. The molecule has 0 atom stereocenters. The van der Waals surface area contributed by atoms with E-state index in [1.807, 2.05) is 6.92 Å². The van der Waals surface area contributed by atoms with Crippen molar-refractivity contribution < 1.29 is 27.8 Å². The fraction of sp³-hybridized carbons (Fsp3) is 0.500. The number of carboxylic acid groups (broad SMARTS) is 1. The molecule has 0 unspecified atom stereocenters. The van der Waals surface area contributed by atoms with Crippen molar-refractivity contribution in [3.8, 4) is 0 Å². The fourth-order valence-electron chi connectivity index (χ4n) is 1.17. The minimum Gasteiger partial charge on any atom is -0.478 e. The minimum atomic E-state index is -4.84. The number of carboxylic acids is 1. The van der Waals surface area contributed by atoms with E-state index in [1.54, 1.807) is 0 Å². The van der Waals surface area contributed by atoms with Gasteiger partial charge in [-0.1, -0.05) is 6.92 Å². The molecular formula is C10H11F3N2O3. The number of carbonyl (C=O) groups is 1. The van der Waals surface area contributed by atoms with Crippen molar-refractivity contribution >= 4 is 5.97 Å². The van der Waals surface area contributed by atoms with Crippen LogP contribution in [0.15, 0.2) is 6.20 Å². The van der Waals surface area contributed by atoms with E-state index in [0.717, 1.165) is 0 Å². The number of hydrogen-bond acceptors (Lipinski definition) is 4. The van der Waals surface area contributed by atoms with Crippen LogP contribution in [0.5, 0.6) is 0 Å². The number of hydrogen-bond donors (Lipinski definition) is 1. The Morgan fingerprint density at radius 1 is 1.50 bits per heavy atom. The first-order valence-electron chi connectivity index (χ1n) is 5.10. The number of alkyl halides is 3. The Kier molecular flexibility index (Phi) is 4.60. The molecule has 0 saturated heterocycles. The van der Waals surface area contributed by atoms with Gasteiger partial charge in [0.05, 0.1) is 0 Å². The van der Waals surface area contributed by atoms with Crippen molar-refractivity contribution in [1.29, 1.82) is 0 Å². The van der Waals surface area contributed by atoms with Gasteiger partial charge in [0, 0.05) is 12.8 Å². The van der Waals surface area contributed by atoms with E-state index in [4.69, 9.17) is 9.84 Å². The molecular weight excluding hydrogens is 253 g/mol. The predicted molar refractivity (Wildman–Crippen MR) is 53.9 cm³/mol. The molecule has 8 heteroatoms. The molecule has 0 spiro atoms. The summed E-state index contributed by atoms with van der Waals surface area (Å²) < 4.78 is 42.7. The van der Waals surface area contributed by atoms with Gasteiger partial charge >= 0.3 is 12.1 Å². The molecule has 0 aliphatic heterocycles. The summed E-state index contributed by atoms with van der Waals surface area (Å²) in [4.78, 5) is 17.4. The second-order valence-corrected chi connectivity index (χ2v) is 3.40. The van der Waals surface area contributed by atoms with Crippen molar-refractivity contribution in [3.05, 3.63) is 23.3 Å². The highest BCUT2D eigenvalue weighted by molar-refractivity contribution is 5.88. The van der Waals surface area contributed by atoms with Crippen LogP contribution in [-0.4, -0.2) is 27.7 Å². The molecule has 1 rings (SSSR count). The quantitative estimate of drug-likeness (QED) is 0.825. The number of rotatable bonds is 5. The van der Waals surface area contributed by atoms with Crippen molar-refractivity contribution in [2.24, 2.45) is 0 Å². The van der Waals surface area contributed by atoms with Gasteiger partial charge < -0.3 is 9.84 Å². The lowest BCUT2D eigenvalue weighted by atomic mass is 10.2. The Bertz CT molecular complexity index is 435. The van der Waals surface area contributed by atoms with Crippen molar-refractivity contribution in [2.45, 2.75) is 26.1 Å². The van der Waals surface area contributed by atoms with Gasteiger partial charge in [0.15, 0.2) is 11.5 Å². The highest BCUT2D eigenvalue weighted by Gasteiger charge is 2.38. The second-order valence-electron chi connectivity index (χ2n) is 3.40. The topological polar surface area (TPSA) is 72.3 Å². The molecule has 1 aromatic rings. The van der Waals surface area contributed by atoms with Crippen LogP contribution in [0.2, 0.25) is 0 Å². The highest BCUT2D eigenvalue weighted by Crippen LogP contribution is 2.30. The molecule has 0 fully saturated rings. The third kappa shape index (κ3) is 3.66. The average molecular weight is 264 g/mol. The lowest BCUT2D eigenvalue weighted by Gasteiger charge is -2.10. The monoisotopic (exact) mass is 264 g/mol. The van der Waals surface area contributed by atoms with Crippen LogP contribution < -0.4 is 0 Å². The average Bonchev–Trinajstić information content (AvgIpc) is 2.28. The van der Waals surface area contributed by atoms with Gasteiger partial charge in [0.25, 0.3) is 0 Å². The summed E-state index contributed by atoms with van der Waals surface area (Å²) in [5, 5.41) is 8.62. The third-order valence-electron chi connectivity index (χ3n) is 1.92. The highest BCUT2D eigenvalue weighted by atomic mass is 19.4. The molecule has 5 nitrogen and oxygen atoms in total. The van der Waals surface area contributed by atoms with Gasteiger partial charge in [-0.05, 0) is 6.42 Å². The number of halogens is 3. The van der Waals surface area contributed by atoms with E-state index in [9.17, 15) is 18.0 Å². The molecule has 0 aromatic carbocycles. The van der Waals surface area contributed by atoms with Crippen LogP contribution in [0.25, 0.3) is 0 Å². The largest absolute Gasteiger partial charge is 0.478 e. The first-order valence-corrected chi connectivity index (χ1v) is 5.10. The van der Waals surface area contributed by atoms with E-state index < -0.39 is 23.4 Å². The summed E-state index contributed by atoms with van der Waals surface area (Å²) in [5.74, 6) is -1.91. The SMILES string of the molecule is CCCOCc1ncc(C(=O)O)c(C(F)(F)F)n1. The van der Waals surface area contributed by atoms with Crippen LogP contribution >= 0.6 is 0 Å². The molecule has 0 bridgehead atoms. The Morgan fingerprint density at radius 3 is 2.67 bits per heavy atom. The lowest BCUT2D eigenvalue weighted by Crippen LogP contribution is -2.18. The number of ether oxygens (including phenoxy) is 1. The zero-order valence-corrected chi connectivity index (χ0v) is 9.49. The summed E-state index contributed by atoms with van der Waals surface area (Å²) in [7, 11) is 0. The van der Waals surface area contributed by atoms with E-state index in [0.29, 0.717) is 19.2 Å². The first kappa shape index (κ1) is 14.4. The molecule has 0 aliphatic carbocycles. The molecule has 100 valence electrons. The van der Waals surface area contributed by atoms with E-state index in [1.165, 1.54) is 0 Å². The molecule has 1 N–H and O–H groups in total. The lowest BCUT2D eigenvalue weighted by molar-refractivity contribution is -0.142. The fourth-order valence-corrected chi connectivity index (χ4v) is 1.17. The second kappa shape index (κ2) is 5.76. The van der Waals surface area contributed by atoms with Gasteiger partial charge in [-0.25, -0.2) is 14.8 Å². The van der Waals surface area contributed by atoms with Gasteiger partial charge in [-0.3, -0.25) is 0 Å². The number of nitrogens with zero attached hydrogens (tertiary/aromatic N) is 2. The maximum absolute atomic E-state index is 12.6. The molecule has 0 aliphatic rings. The van der Waals surface area contributed by atoms with Crippen LogP contribution in [0, 0.1) is 0 Å².